The number of anilines is 1. The first-order chi connectivity index (χ1) is 11.0. The van der Waals surface area contributed by atoms with Crippen LogP contribution in [0.15, 0.2) is 30.6 Å². The van der Waals surface area contributed by atoms with E-state index in [4.69, 9.17) is 16.6 Å². The predicted octanol–water partition coefficient (Wildman–Crippen LogP) is 0.183. The van der Waals surface area contributed by atoms with Gasteiger partial charge in [-0.1, -0.05) is 5.92 Å². The number of carbonyl (C=O) groups is 2. The number of rotatable bonds is 3. The van der Waals surface area contributed by atoms with Gasteiger partial charge in [-0.15, -0.1) is 6.42 Å². The molecule has 1 aromatic heterocycles. The Kier molecular flexibility index (Phi) is 5.33. The maximum absolute atomic E-state index is 9.55. The van der Waals surface area contributed by atoms with Crippen molar-refractivity contribution in [2.24, 2.45) is 5.92 Å². The van der Waals surface area contributed by atoms with Crippen LogP contribution in [0.5, 0.6) is 0 Å². The number of nitrogens with zero attached hydrogens (tertiary/aromatic N) is 2. The van der Waals surface area contributed by atoms with Crippen molar-refractivity contribution in [3.8, 4) is 12.3 Å². The lowest BCUT2D eigenvalue weighted by Crippen LogP contribution is -2.55. The molecule has 2 atom stereocenters. The van der Waals surface area contributed by atoms with Gasteiger partial charge in [-0.05, 0) is 6.07 Å². The Balaban J connectivity index is 0.000000207. The van der Waals surface area contributed by atoms with E-state index >= 15 is 0 Å². The monoisotopic (exact) mass is 315 g/mol. The highest BCUT2D eigenvalue weighted by Gasteiger charge is 2.42. The molecule has 7 nitrogen and oxygen atoms in total. The molecule has 2 saturated heterocycles. The second-order valence-corrected chi connectivity index (χ2v) is 5.22. The molecular formula is C16H17N3O4. The summed E-state index contributed by atoms with van der Waals surface area (Å²) in [6.07, 6.45) is 10.1. The van der Waals surface area contributed by atoms with Crippen molar-refractivity contribution in [3.05, 3.63) is 36.2 Å². The van der Waals surface area contributed by atoms with Gasteiger partial charge in [0.05, 0.1) is 11.9 Å². The number of nitrogens with one attached hydrogen (secondary N) is 1. The molecule has 23 heavy (non-hydrogen) atoms. The first kappa shape index (κ1) is 16.5. The summed E-state index contributed by atoms with van der Waals surface area (Å²) < 4.78 is 0. The van der Waals surface area contributed by atoms with Gasteiger partial charge in [0, 0.05) is 55.5 Å². The molecule has 120 valence electrons. The summed E-state index contributed by atoms with van der Waals surface area (Å²) in [6, 6.07) is 2.70. The molecule has 0 aromatic carbocycles. The van der Waals surface area contributed by atoms with Crippen LogP contribution in [0.1, 0.15) is 5.56 Å². The molecular weight excluding hydrogens is 298 g/mol. The molecule has 0 amide bonds. The SMILES string of the molecule is C#Cc1cncc(N2C[C@H]3CNC[C@H]32)c1.O=C(O)/C=C/C(=O)O. The fourth-order valence-corrected chi connectivity index (χ4v) is 2.62. The number of fused-ring (bicyclic) bond motifs is 1. The zero-order chi connectivity index (χ0) is 16.8. The Morgan fingerprint density at radius 3 is 2.57 bits per heavy atom. The second kappa shape index (κ2) is 7.42. The number of carboxylic acid groups (broad SMARTS) is 2. The number of carboxylic acids is 2. The molecule has 0 unspecified atom stereocenters. The summed E-state index contributed by atoms with van der Waals surface area (Å²) in [5.74, 6) is 0.930. The molecule has 2 fully saturated rings. The highest BCUT2D eigenvalue weighted by molar-refractivity contribution is 5.89. The molecule has 3 heterocycles. The van der Waals surface area contributed by atoms with Gasteiger partial charge < -0.3 is 20.4 Å². The Morgan fingerprint density at radius 2 is 2.00 bits per heavy atom. The van der Waals surface area contributed by atoms with E-state index in [0.29, 0.717) is 18.2 Å². The van der Waals surface area contributed by atoms with Crippen molar-refractivity contribution >= 4 is 17.6 Å². The van der Waals surface area contributed by atoms with Crippen molar-refractivity contribution in [2.75, 3.05) is 24.5 Å². The number of aromatic nitrogens is 1. The van der Waals surface area contributed by atoms with Gasteiger partial charge in [0.1, 0.15) is 0 Å². The van der Waals surface area contributed by atoms with Crippen LogP contribution in [-0.2, 0) is 9.59 Å². The van der Waals surface area contributed by atoms with Crippen molar-refractivity contribution in [3.63, 3.8) is 0 Å². The van der Waals surface area contributed by atoms with Crippen molar-refractivity contribution < 1.29 is 19.8 Å². The minimum Gasteiger partial charge on any atom is -0.478 e. The smallest absolute Gasteiger partial charge is 0.328 e. The zero-order valence-corrected chi connectivity index (χ0v) is 12.3. The van der Waals surface area contributed by atoms with Gasteiger partial charge in [0.2, 0.25) is 0 Å². The predicted molar refractivity (Wildman–Crippen MR) is 84.1 cm³/mol. The van der Waals surface area contributed by atoms with Crippen LogP contribution in [0.4, 0.5) is 5.69 Å². The third-order valence-corrected chi connectivity index (χ3v) is 3.73. The van der Waals surface area contributed by atoms with Crippen molar-refractivity contribution in [2.45, 2.75) is 6.04 Å². The van der Waals surface area contributed by atoms with Gasteiger partial charge in [-0.2, -0.15) is 0 Å². The van der Waals surface area contributed by atoms with Crippen LogP contribution in [0.3, 0.4) is 0 Å². The van der Waals surface area contributed by atoms with Crippen LogP contribution < -0.4 is 10.2 Å². The molecule has 7 heteroatoms. The molecule has 0 aliphatic carbocycles. The fourth-order valence-electron chi connectivity index (χ4n) is 2.62. The summed E-state index contributed by atoms with van der Waals surface area (Å²) in [6.45, 7) is 3.38. The van der Waals surface area contributed by atoms with E-state index < -0.39 is 11.9 Å². The van der Waals surface area contributed by atoms with E-state index in [1.54, 1.807) is 6.20 Å². The van der Waals surface area contributed by atoms with Gasteiger partial charge in [-0.25, -0.2) is 9.59 Å². The zero-order valence-electron chi connectivity index (χ0n) is 12.3. The van der Waals surface area contributed by atoms with Crippen LogP contribution in [0.2, 0.25) is 0 Å². The summed E-state index contributed by atoms with van der Waals surface area (Å²) in [4.78, 5) is 25.7. The van der Waals surface area contributed by atoms with Crippen LogP contribution in [0.25, 0.3) is 0 Å². The van der Waals surface area contributed by atoms with E-state index in [9.17, 15) is 9.59 Å². The lowest BCUT2D eigenvalue weighted by Gasteiger charge is -2.45. The molecule has 3 N–H and O–H groups in total. The highest BCUT2D eigenvalue weighted by atomic mass is 16.4. The second-order valence-electron chi connectivity index (χ2n) is 5.22. The lowest BCUT2D eigenvalue weighted by atomic mass is 9.91. The maximum Gasteiger partial charge on any atom is 0.328 e. The van der Waals surface area contributed by atoms with Gasteiger partial charge in [0.25, 0.3) is 0 Å². The number of hydrogen-bond acceptors (Lipinski definition) is 5. The Labute approximate surface area is 133 Å². The first-order valence-corrected chi connectivity index (χ1v) is 7.04. The molecule has 0 saturated carbocycles. The van der Waals surface area contributed by atoms with Crippen LogP contribution in [-0.4, -0.2) is 52.8 Å². The quantitative estimate of drug-likeness (QED) is 0.540. The standard InChI is InChI=1S/C12H13N3.C4H4O4/c1-2-9-3-11(6-13-4-9)15-8-10-5-14-7-12(10)15;5-3(6)1-2-4(7)8/h1,3-4,6,10,12,14H,5,7-8H2;1-2H,(H,5,6)(H,7,8)/b;2-1+/t10-,12-;/m1./s1. The van der Waals surface area contributed by atoms with E-state index in [-0.39, 0.29) is 0 Å². The molecule has 0 spiro atoms. The average molecular weight is 315 g/mol. The molecule has 0 bridgehead atoms. The van der Waals surface area contributed by atoms with E-state index in [0.717, 1.165) is 36.8 Å². The highest BCUT2D eigenvalue weighted by Crippen LogP contribution is 2.32. The third-order valence-electron chi connectivity index (χ3n) is 3.73. The van der Waals surface area contributed by atoms with E-state index in [1.165, 1.54) is 0 Å². The lowest BCUT2D eigenvalue weighted by molar-refractivity contribution is -0.134. The van der Waals surface area contributed by atoms with Crippen molar-refractivity contribution in [1.29, 1.82) is 0 Å². The van der Waals surface area contributed by atoms with E-state index in [1.807, 2.05) is 12.3 Å². The minimum absolute atomic E-state index is 0.558. The summed E-state index contributed by atoms with van der Waals surface area (Å²) in [5, 5.41) is 19.0. The van der Waals surface area contributed by atoms with Gasteiger partial charge in [-0.3, -0.25) is 4.98 Å². The van der Waals surface area contributed by atoms with Crippen LogP contribution >= 0.6 is 0 Å². The Bertz CT molecular complexity index is 650. The summed E-state index contributed by atoms with van der Waals surface area (Å²) in [7, 11) is 0. The largest absolute Gasteiger partial charge is 0.478 e. The van der Waals surface area contributed by atoms with Gasteiger partial charge in [0.15, 0.2) is 0 Å². The van der Waals surface area contributed by atoms with Gasteiger partial charge >= 0.3 is 11.9 Å². The number of terminal acetylenes is 1. The minimum atomic E-state index is -1.26. The topological polar surface area (TPSA) is 103 Å². The van der Waals surface area contributed by atoms with Crippen molar-refractivity contribution in [1.82, 2.24) is 10.3 Å². The third kappa shape index (κ3) is 4.31. The number of aliphatic carboxylic acids is 2. The number of pyridine rings is 1. The van der Waals surface area contributed by atoms with Crippen LogP contribution in [0, 0.1) is 18.3 Å². The molecule has 1 aromatic rings. The summed E-state index contributed by atoms with van der Waals surface area (Å²) in [5.41, 5.74) is 2.03. The average Bonchev–Trinajstić information content (AvgIpc) is 2.87. The number of hydrogen-bond donors (Lipinski definition) is 3. The first-order valence-electron chi connectivity index (χ1n) is 7.04. The van der Waals surface area contributed by atoms with E-state index in [2.05, 4.69) is 21.1 Å². The molecule has 0 radical (unpaired) electrons. The molecule has 2 aliphatic heterocycles. The normalized spacial score (nSPS) is 21.6. The Morgan fingerprint density at radius 1 is 1.30 bits per heavy atom. The molecule has 3 rings (SSSR count). The summed E-state index contributed by atoms with van der Waals surface area (Å²) >= 11 is 0. The maximum atomic E-state index is 9.55. The fraction of sp³-hybridized carbons (Fsp3) is 0.312. The Hall–Kier alpha value is -2.85. The molecule has 2 aliphatic rings.